The zero-order valence-corrected chi connectivity index (χ0v) is 17.0. The molecule has 0 radical (unpaired) electrons. The summed E-state index contributed by atoms with van der Waals surface area (Å²) in [7, 11) is 2.12. The number of halogens is 2. The smallest absolute Gasteiger partial charge is 0.323 e. The minimum Gasteiger partial charge on any atom is -0.480 e. The maximum absolute atomic E-state index is 11.8. The van der Waals surface area contributed by atoms with E-state index in [1.54, 1.807) is 6.07 Å². The number of aliphatic carboxylic acids is 1. The van der Waals surface area contributed by atoms with Gasteiger partial charge in [0.05, 0.1) is 0 Å². The fraction of sp³-hybridized carbons (Fsp3) is 0.632. The van der Waals surface area contributed by atoms with Crippen molar-refractivity contribution in [1.29, 1.82) is 0 Å². The lowest BCUT2D eigenvalue weighted by atomic mass is 9.75. The van der Waals surface area contributed by atoms with Gasteiger partial charge in [0.2, 0.25) is 0 Å². The van der Waals surface area contributed by atoms with Crippen LogP contribution in [-0.4, -0.2) is 49.0 Å². The summed E-state index contributed by atoms with van der Waals surface area (Å²) in [4.78, 5) is 14.2. The molecule has 1 aromatic rings. The third-order valence-corrected chi connectivity index (χ3v) is 6.21. The monoisotopic (exact) mass is 398 g/mol. The van der Waals surface area contributed by atoms with Crippen molar-refractivity contribution in [3.05, 3.63) is 33.8 Å². The Balaban J connectivity index is 1.86. The van der Waals surface area contributed by atoms with Crippen LogP contribution in [0, 0.1) is 5.92 Å². The van der Waals surface area contributed by atoms with Crippen LogP contribution < -0.4 is 5.73 Å². The summed E-state index contributed by atoms with van der Waals surface area (Å²) in [5, 5.41) is 11.0. The molecule has 144 valence electrons. The van der Waals surface area contributed by atoms with Crippen LogP contribution in [0.1, 0.15) is 37.7 Å². The summed E-state index contributed by atoms with van der Waals surface area (Å²) in [6, 6.07) is 5.61. The Kier molecular flexibility index (Phi) is 8.27. The van der Waals surface area contributed by atoms with E-state index in [0.717, 1.165) is 63.6 Å². The third kappa shape index (κ3) is 5.62. The molecule has 0 bridgehead atoms. The van der Waals surface area contributed by atoms with Crippen molar-refractivity contribution in [3.63, 3.8) is 0 Å². The Labute approximate surface area is 167 Å². The molecular weight excluding hydrogens is 370 g/mol. The van der Waals surface area contributed by atoms with Crippen molar-refractivity contribution in [2.75, 3.05) is 19.6 Å². The summed E-state index contributed by atoms with van der Waals surface area (Å²) < 4.78 is 0. The zero-order chi connectivity index (χ0) is 19.2. The Morgan fingerprint density at radius 2 is 2.00 bits per heavy atom. The molecule has 7 heteroatoms. The van der Waals surface area contributed by atoms with Crippen LogP contribution in [0.4, 0.5) is 0 Å². The van der Waals surface area contributed by atoms with Crippen molar-refractivity contribution >= 4 is 37.0 Å². The molecule has 1 atom stereocenters. The molecule has 1 unspecified atom stereocenters. The van der Waals surface area contributed by atoms with Crippen LogP contribution in [0.3, 0.4) is 0 Å². The van der Waals surface area contributed by atoms with Gasteiger partial charge in [-0.15, -0.1) is 0 Å². The van der Waals surface area contributed by atoms with Crippen LogP contribution >= 0.6 is 23.2 Å². The highest BCUT2D eigenvalue weighted by Crippen LogP contribution is 2.31. The number of benzene rings is 1. The van der Waals surface area contributed by atoms with E-state index in [-0.39, 0.29) is 5.92 Å². The van der Waals surface area contributed by atoms with Gasteiger partial charge in [0.1, 0.15) is 13.4 Å². The predicted octanol–water partition coefficient (Wildman–Crippen LogP) is 3.25. The second kappa shape index (κ2) is 9.98. The van der Waals surface area contributed by atoms with E-state index >= 15 is 0 Å². The van der Waals surface area contributed by atoms with Crippen molar-refractivity contribution in [3.8, 4) is 0 Å². The number of hydrogen-bond acceptors (Lipinski definition) is 3. The van der Waals surface area contributed by atoms with E-state index in [9.17, 15) is 9.90 Å². The zero-order valence-electron chi connectivity index (χ0n) is 15.5. The maximum atomic E-state index is 11.8. The number of rotatable bonds is 9. The largest absolute Gasteiger partial charge is 0.480 e. The molecule has 0 aromatic heterocycles. The van der Waals surface area contributed by atoms with Gasteiger partial charge in [0.25, 0.3) is 0 Å². The Morgan fingerprint density at radius 3 is 2.58 bits per heavy atom. The van der Waals surface area contributed by atoms with Crippen LogP contribution in [0.2, 0.25) is 16.4 Å². The van der Waals surface area contributed by atoms with E-state index in [1.807, 2.05) is 12.1 Å². The van der Waals surface area contributed by atoms with Gasteiger partial charge in [0, 0.05) is 16.6 Å². The second-order valence-electron chi connectivity index (χ2n) is 7.40. The van der Waals surface area contributed by atoms with E-state index in [4.69, 9.17) is 28.9 Å². The first kappa shape index (κ1) is 21.6. The van der Waals surface area contributed by atoms with Crippen LogP contribution in [0.25, 0.3) is 0 Å². The Morgan fingerprint density at radius 1 is 1.31 bits per heavy atom. The highest BCUT2D eigenvalue weighted by molar-refractivity contribution is 6.35. The molecule has 2 rings (SSSR count). The summed E-state index contributed by atoms with van der Waals surface area (Å²) in [6.45, 7) is 2.68. The first-order valence-electron chi connectivity index (χ1n) is 9.55. The van der Waals surface area contributed by atoms with E-state index < -0.39 is 11.5 Å². The number of unbranched alkanes of at least 4 members (excludes halogenated alkanes) is 1. The minimum absolute atomic E-state index is 0.0484. The van der Waals surface area contributed by atoms with E-state index in [0.29, 0.717) is 16.5 Å². The van der Waals surface area contributed by atoms with Crippen molar-refractivity contribution in [2.24, 2.45) is 11.7 Å². The normalized spacial score (nSPS) is 18.6. The molecule has 0 saturated carbocycles. The van der Waals surface area contributed by atoms with Gasteiger partial charge in [0.15, 0.2) is 0 Å². The summed E-state index contributed by atoms with van der Waals surface area (Å²) >= 11 is 12.2. The van der Waals surface area contributed by atoms with Crippen LogP contribution in [0.5, 0.6) is 0 Å². The predicted molar refractivity (Wildman–Crippen MR) is 111 cm³/mol. The number of carboxylic acid groups (broad SMARTS) is 1. The number of piperidine rings is 1. The van der Waals surface area contributed by atoms with E-state index in [1.165, 1.54) is 0 Å². The molecule has 26 heavy (non-hydrogen) atoms. The average Bonchev–Trinajstić information content (AvgIpc) is 2.61. The molecule has 1 aliphatic heterocycles. The lowest BCUT2D eigenvalue weighted by Gasteiger charge is -2.40. The number of nitrogens with two attached hydrogens (primary N) is 1. The third-order valence-electron chi connectivity index (χ3n) is 5.62. The van der Waals surface area contributed by atoms with Gasteiger partial charge in [-0.05, 0) is 62.4 Å². The first-order chi connectivity index (χ1) is 12.4. The Bertz CT molecular complexity index is 609. The van der Waals surface area contributed by atoms with Crippen LogP contribution in [-0.2, 0) is 11.2 Å². The SMILES string of the molecule is BCCCCC(N)(C(=O)O)C1CCN(CCc2ccc(Cl)cc2Cl)CC1. The van der Waals surface area contributed by atoms with Crippen LogP contribution in [0.15, 0.2) is 18.2 Å². The molecule has 0 spiro atoms. The van der Waals surface area contributed by atoms with Gasteiger partial charge in [-0.3, -0.25) is 4.79 Å². The minimum atomic E-state index is -1.08. The second-order valence-corrected chi connectivity index (χ2v) is 8.25. The number of likely N-dealkylation sites (tertiary alicyclic amines) is 1. The fourth-order valence-corrected chi connectivity index (χ4v) is 4.33. The summed E-state index contributed by atoms with van der Waals surface area (Å²) in [6.07, 6.45) is 6.10. The van der Waals surface area contributed by atoms with Crippen molar-refractivity contribution in [2.45, 2.75) is 50.4 Å². The van der Waals surface area contributed by atoms with Gasteiger partial charge < -0.3 is 15.7 Å². The topological polar surface area (TPSA) is 66.6 Å². The van der Waals surface area contributed by atoms with Gasteiger partial charge >= 0.3 is 5.97 Å². The lowest BCUT2D eigenvalue weighted by molar-refractivity contribution is -0.147. The van der Waals surface area contributed by atoms with Gasteiger partial charge in [-0.2, -0.15) is 0 Å². The van der Waals surface area contributed by atoms with Crippen molar-refractivity contribution in [1.82, 2.24) is 4.90 Å². The van der Waals surface area contributed by atoms with Gasteiger partial charge in [-0.1, -0.05) is 48.4 Å². The highest BCUT2D eigenvalue weighted by atomic mass is 35.5. The number of carbonyl (C=O) groups is 1. The number of carboxylic acids is 1. The lowest BCUT2D eigenvalue weighted by Crippen LogP contribution is -2.57. The summed E-state index contributed by atoms with van der Waals surface area (Å²) in [5.41, 5.74) is 6.36. The first-order valence-corrected chi connectivity index (χ1v) is 10.3. The molecule has 1 fully saturated rings. The van der Waals surface area contributed by atoms with Gasteiger partial charge in [-0.25, -0.2) is 0 Å². The number of hydrogen-bond donors (Lipinski definition) is 2. The quantitative estimate of drug-likeness (QED) is 0.494. The molecule has 4 nitrogen and oxygen atoms in total. The number of nitrogens with zero attached hydrogens (tertiary/aromatic N) is 1. The molecule has 1 aromatic carbocycles. The molecule has 1 aliphatic rings. The Hall–Kier alpha value is -0.745. The maximum Gasteiger partial charge on any atom is 0.323 e. The molecule has 0 aliphatic carbocycles. The average molecular weight is 399 g/mol. The molecule has 0 amide bonds. The molecule has 3 N–H and O–H groups in total. The van der Waals surface area contributed by atoms with Crippen molar-refractivity contribution < 1.29 is 9.90 Å². The van der Waals surface area contributed by atoms with E-state index in [2.05, 4.69) is 12.7 Å². The standard InChI is InChI=1S/C19H29BCl2N2O2/c20-9-2-1-8-19(23,18(25)26)15-6-11-24(12-7-15)10-5-14-3-4-16(21)13-17(14)22/h3-4,13,15H,1-2,5-12,20,23H2,(H,25,26). The molecule has 1 heterocycles. The fourth-order valence-electron chi connectivity index (χ4n) is 3.83. The molecular formula is C19H29BCl2N2O2. The highest BCUT2D eigenvalue weighted by Gasteiger charge is 2.42. The summed E-state index contributed by atoms with van der Waals surface area (Å²) in [5.74, 6) is -0.799. The molecule has 1 saturated heterocycles.